The lowest BCUT2D eigenvalue weighted by atomic mass is 9.91. The summed E-state index contributed by atoms with van der Waals surface area (Å²) in [5, 5.41) is 0. The van der Waals surface area contributed by atoms with Crippen molar-refractivity contribution in [2.45, 2.75) is 44.0 Å². The maximum absolute atomic E-state index is 13.6. The molecule has 2 atom stereocenters. The zero-order valence-corrected chi connectivity index (χ0v) is 19.5. The van der Waals surface area contributed by atoms with E-state index in [0.29, 0.717) is 44.6 Å². The smallest absolute Gasteiger partial charge is 0.320 e. The number of ether oxygens (including phenoxy) is 1. The van der Waals surface area contributed by atoms with Gasteiger partial charge in [0, 0.05) is 30.1 Å². The fourth-order valence-electron chi connectivity index (χ4n) is 5.31. The molecule has 0 aromatic heterocycles. The average molecular weight is 474 g/mol. The summed E-state index contributed by atoms with van der Waals surface area (Å²) in [5.74, 6) is -1.70. The first-order chi connectivity index (χ1) is 16.0. The zero-order chi connectivity index (χ0) is 23.0. The Morgan fingerprint density at radius 3 is 2.79 bits per heavy atom. The van der Waals surface area contributed by atoms with E-state index in [9.17, 15) is 13.6 Å². The standard InChI is InChI=1S/C25H29F2N3O2S/c1-2-29-12-13-32-21-9-4-3-8-19(21)18-7-5-6-17(14-18)15-20-22(28-33-23(26)27)25(10-11-25)16-30(20)24(29)31/h3-9,14,20,22-23,28H,2,10-13,15-16H2,1H3. The Kier molecular flexibility index (Phi) is 6.22. The number of hydrogen-bond donors (Lipinski definition) is 1. The number of para-hydroxylation sites is 1. The molecular formula is C25H29F2N3O2S. The summed E-state index contributed by atoms with van der Waals surface area (Å²) in [6.45, 7) is 4.00. The number of rotatable bonds is 4. The summed E-state index contributed by atoms with van der Waals surface area (Å²) in [6.07, 6.45) is 2.53. The first-order valence-corrected chi connectivity index (χ1v) is 12.4. The van der Waals surface area contributed by atoms with Crippen molar-refractivity contribution in [2.24, 2.45) is 5.41 Å². The monoisotopic (exact) mass is 473 g/mol. The second-order valence-corrected chi connectivity index (χ2v) is 9.97. The molecule has 1 spiro atoms. The number of fused-ring (bicyclic) bond motifs is 5. The summed E-state index contributed by atoms with van der Waals surface area (Å²) in [7, 11) is 0. The van der Waals surface area contributed by atoms with Gasteiger partial charge in [0.1, 0.15) is 12.4 Å². The molecule has 3 aliphatic rings. The molecule has 2 aromatic carbocycles. The summed E-state index contributed by atoms with van der Waals surface area (Å²) < 4.78 is 35.4. The highest BCUT2D eigenvalue weighted by atomic mass is 32.2. The van der Waals surface area contributed by atoms with E-state index in [1.54, 1.807) is 0 Å². The molecule has 2 amide bonds. The van der Waals surface area contributed by atoms with Crippen molar-refractivity contribution < 1.29 is 18.3 Å². The zero-order valence-electron chi connectivity index (χ0n) is 18.7. The number of hydrogen-bond acceptors (Lipinski definition) is 4. The maximum atomic E-state index is 13.6. The average Bonchev–Trinajstić information content (AvgIpc) is 3.52. The van der Waals surface area contributed by atoms with Gasteiger partial charge in [-0.3, -0.25) is 4.72 Å². The van der Waals surface area contributed by atoms with Crippen LogP contribution < -0.4 is 9.46 Å². The van der Waals surface area contributed by atoms with Gasteiger partial charge in [-0.15, -0.1) is 0 Å². The van der Waals surface area contributed by atoms with Gasteiger partial charge in [-0.25, -0.2) is 4.79 Å². The number of nitrogens with zero attached hydrogens (tertiary/aromatic N) is 2. The molecule has 1 saturated carbocycles. The van der Waals surface area contributed by atoms with Crippen molar-refractivity contribution in [3.05, 3.63) is 54.1 Å². The Morgan fingerprint density at radius 1 is 1.21 bits per heavy atom. The molecule has 5 nitrogen and oxygen atoms in total. The van der Waals surface area contributed by atoms with Crippen LogP contribution in [0.4, 0.5) is 13.6 Å². The fraction of sp³-hybridized carbons (Fsp3) is 0.480. The minimum Gasteiger partial charge on any atom is -0.491 e. The summed E-state index contributed by atoms with van der Waals surface area (Å²) in [4.78, 5) is 17.4. The highest BCUT2D eigenvalue weighted by Crippen LogP contribution is 2.56. The number of amides is 2. The number of benzene rings is 2. The normalized spacial score (nSPS) is 23.9. The highest BCUT2D eigenvalue weighted by Gasteiger charge is 2.60. The first kappa shape index (κ1) is 22.5. The molecule has 33 heavy (non-hydrogen) atoms. The minimum atomic E-state index is -2.50. The van der Waals surface area contributed by atoms with Crippen LogP contribution in [0, 0.1) is 5.41 Å². The van der Waals surface area contributed by atoms with Crippen LogP contribution in [-0.4, -0.2) is 59.9 Å². The largest absolute Gasteiger partial charge is 0.491 e. The van der Waals surface area contributed by atoms with Gasteiger partial charge in [0.15, 0.2) is 0 Å². The third-order valence-corrected chi connectivity index (χ3v) is 7.76. The number of halogens is 2. The van der Waals surface area contributed by atoms with Gasteiger partial charge in [-0.1, -0.05) is 42.5 Å². The van der Waals surface area contributed by atoms with E-state index in [1.807, 2.05) is 47.1 Å². The number of nitrogens with one attached hydrogen (secondary N) is 1. The summed E-state index contributed by atoms with van der Waals surface area (Å²) in [6, 6.07) is 15.8. The SMILES string of the molecule is CCN1CCOc2ccccc2-c2cccc(c2)CC2C(NSC(F)F)C3(CC3)CN2C1=O. The summed E-state index contributed by atoms with van der Waals surface area (Å²) in [5.41, 5.74) is 3.04. The Morgan fingerprint density at radius 2 is 2.03 bits per heavy atom. The molecule has 2 fully saturated rings. The van der Waals surface area contributed by atoms with Gasteiger partial charge in [0.25, 0.3) is 5.76 Å². The van der Waals surface area contributed by atoms with Gasteiger partial charge in [0.05, 0.1) is 12.6 Å². The van der Waals surface area contributed by atoms with Gasteiger partial charge in [-0.2, -0.15) is 8.78 Å². The molecule has 2 unspecified atom stereocenters. The van der Waals surface area contributed by atoms with E-state index in [2.05, 4.69) is 22.9 Å². The topological polar surface area (TPSA) is 44.8 Å². The lowest BCUT2D eigenvalue weighted by Gasteiger charge is -2.33. The van der Waals surface area contributed by atoms with Crippen LogP contribution in [0.25, 0.3) is 11.1 Å². The molecule has 1 N–H and O–H groups in total. The highest BCUT2D eigenvalue weighted by molar-refractivity contribution is 7.97. The van der Waals surface area contributed by atoms with Crippen LogP contribution in [0.15, 0.2) is 48.5 Å². The Hall–Kier alpha value is -2.32. The van der Waals surface area contributed by atoms with Gasteiger partial charge in [-0.05, 0) is 55.3 Å². The van der Waals surface area contributed by atoms with Crippen LogP contribution in [-0.2, 0) is 6.42 Å². The van der Waals surface area contributed by atoms with Crippen LogP contribution in [0.2, 0.25) is 0 Å². The third-order valence-electron chi connectivity index (χ3n) is 7.19. The van der Waals surface area contributed by atoms with E-state index >= 15 is 0 Å². The van der Waals surface area contributed by atoms with Crippen LogP contribution in [0.5, 0.6) is 5.75 Å². The molecule has 176 valence electrons. The summed E-state index contributed by atoms with van der Waals surface area (Å²) >= 11 is 0.477. The molecule has 2 heterocycles. The van der Waals surface area contributed by atoms with E-state index in [0.717, 1.165) is 35.3 Å². The van der Waals surface area contributed by atoms with Crippen molar-refractivity contribution in [1.82, 2.24) is 14.5 Å². The predicted molar refractivity (Wildman–Crippen MR) is 126 cm³/mol. The van der Waals surface area contributed by atoms with E-state index < -0.39 is 5.76 Å². The molecular weight excluding hydrogens is 444 g/mol. The predicted octanol–water partition coefficient (Wildman–Crippen LogP) is 5.02. The van der Waals surface area contributed by atoms with Gasteiger partial charge >= 0.3 is 6.03 Å². The second-order valence-electron chi connectivity index (χ2n) is 9.14. The van der Waals surface area contributed by atoms with E-state index in [-0.39, 0.29) is 23.5 Å². The minimum absolute atomic E-state index is 0.0348. The van der Waals surface area contributed by atoms with Crippen LogP contribution in [0.1, 0.15) is 25.3 Å². The maximum Gasteiger partial charge on any atom is 0.320 e. The second kappa shape index (κ2) is 9.14. The fourth-order valence-corrected chi connectivity index (χ4v) is 5.97. The molecule has 2 bridgehead atoms. The molecule has 8 heteroatoms. The quantitative estimate of drug-likeness (QED) is 0.633. The Bertz CT molecular complexity index is 1020. The van der Waals surface area contributed by atoms with Crippen LogP contribution >= 0.6 is 11.9 Å². The van der Waals surface area contributed by atoms with Crippen molar-refractivity contribution in [2.75, 3.05) is 26.2 Å². The molecule has 0 radical (unpaired) electrons. The van der Waals surface area contributed by atoms with Crippen molar-refractivity contribution >= 4 is 18.0 Å². The Labute approximate surface area is 197 Å². The van der Waals surface area contributed by atoms with Crippen molar-refractivity contribution in [3.63, 3.8) is 0 Å². The molecule has 2 aromatic rings. The molecule has 1 saturated heterocycles. The Balaban J connectivity index is 1.55. The lowest BCUT2D eigenvalue weighted by Crippen LogP contribution is -2.51. The van der Waals surface area contributed by atoms with E-state index in [4.69, 9.17) is 4.74 Å². The number of urea groups is 1. The first-order valence-electron chi connectivity index (χ1n) is 11.6. The van der Waals surface area contributed by atoms with Crippen LogP contribution in [0.3, 0.4) is 0 Å². The number of carbonyl (C=O) groups is 1. The molecule has 2 aliphatic heterocycles. The van der Waals surface area contributed by atoms with Crippen molar-refractivity contribution in [1.29, 1.82) is 0 Å². The van der Waals surface area contributed by atoms with Gasteiger partial charge < -0.3 is 14.5 Å². The van der Waals surface area contributed by atoms with Gasteiger partial charge in [0.2, 0.25) is 0 Å². The lowest BCUT2D eigenvalue weighted by molar-refractivity contribution is 0.138. The number of carbonyl (C=O) groups excluding carboxylic acids is 1. The van der Waals surface area contributed by atoms with E-state index in [1.165, 1.54) is 0 Å². The third kappa shape index (κ3) is 4.43. The molecule has 1 aliphatic carbocycles. The van der Waals surface area contributed by atoms with Crippen molar-refractivity contribution in [3.8, 4) is 16.9 Å². The number of alkyl halides is 2. The number of likely N-dealkylation sites (N-methyl/N-ethyl adjacent to an activating group) is 1. The molecule has 5 rings (SSSR count).